The zero-order chi connectivity index (χ0) is 13.7. The number of hydrogen-bond acceptors (Lipinski definition) is 4. The number of nitrogens with one attached hydrogen (secondary N) is 1. The smallest absolute Gasteiger partial charge is 0.251 e. The molecule has 0 bridgehead atoms. The van der Waals surface area contributed by atoms with Gasteiger partial charge in [-0.3, -0.25) is 9.00 Å². The monoisotopic (exact) mass is 269 g/mol. The molecule has 6 heteroatoms. The zero-order valence-electron chi connectivity index (χ0n) is 10.9. The quantitative estimate of drug-likeness (QED) is 0.830. The summed E-state index contributed by atoms with van der Waals surface area (Å²) in [6.45, 7) is 4.19. The first-order valence-electron chi connectivity index (χ1n) is 5.74. The van der Waals surface area contributed by atoms with E-state index in [4.69, 9.17) is 5.73 Å². The fourth-order valence-corrected chi connectivity index (χ4v) is 1.93. The minimum atomic E-state index is -0.858. The minimum Gasteiger partial charge on any atom is -0.384 e. The first-order valence-corrected chi connectivity index (χ1v) is 7.37. The SMILES string of the molecule is Cc1cc(C(=O)NCCC(C)S(C)=O)cc(N)n1. The fourth-order valence-electron chi connectivity index (χ4n) is 1.48. The van der Waals surface area contributed by atoms with Gasteiger partial charge in [-0.2, -0.15) is 0 Å². The van der Waals surface area contributed by atoms with Crippen molar-refractivity contribution in [3.63, 3.8) is 0 Å². The summed E-state index contributed by atoms with van der Waals surface area (Å²) in [6, 6.07) is 3.23. The van der Waals surface area contributed by atoms with Crippen LogP contribution in [0.25, 0.3) is 0 Å². The van der Waals surface area contributed by atoms with Gasteiger partial charge < -0.3 is 11.1 Å². The summed E-state index contributed by atoms with van der Waals surface area (Å²) >= 11 is 0. The van der Waals surface area contributed by atoms with Crippen molar-refractivity contribution in [3.05, 3.63) is 23.4 Å². The van der Waals surface area contributed by atoms with Gasteiger partial charge in [0.25, 0.3) is 5.91 Å². The van der Waals surface area contributed by atoms with Crippen LogP contribution in [0.5, 0.6) is 0 Å². The molecule has 1 aromatic rings. The van der Waals surface area contributed by atoms with Crippen LogP contribution in [0.3, 0.4) is 0 Å². The summed E-state index contributed by atoms with van der Waals surface area (Å²) in [7, 11) is -0.858. The molecule has 1 heterocycles. The van der Waals surface area contributed by atoms with Crippen LogP contribution in [0.15, 0.2) is 12.1 Å². The minimum absolute atomic E-state index is 0.0783. The highest BCUT2D eigenvalue weighted by Gasteiger charge is 2.09. The van der Waals surface area contributed by atoms with E-state index >= 15 is 0 Å². The molecule has 0 aliphatic carbocycles. The van der Waals surface area contributed by atoms with E-state index in [-0.39, 0.29) is 11.2 Å². The summed E-state index contributed by atoms with van der Waals surface area (Å²) in [6.07, 6.45) is 2.35. The summed E-state index contributed by atoms with van der Waals surface area (Å²) < 4.78 is 11.2. The van der Waals surface area contributed by atoms with Gasteiger partial charge in [0.2, 0.25) is 0 Å². The van der Waals surface area contributed by atoms with E-state index in [0.717, 1.165) is 0 Å². The van der Waals surface area contributed by atoms with Crippen LogP contribution in [0.1, 0.15) is 29.4 Å². The lowest BCUT2D eigenvalue weighted by atomic mass is 10.2. The molecule has 0 aliphatic rings. The predicted octanol–water partition coefficient (Wildman–Crippen LogP) is 0.859. The maximum atomic E-state index is 11.8. The number of aryl methyl sites for hydroxylation is 1. The standard InChI is InChI=1S/C12H19N3O2S/c1-8-6-10(7-11(13)15-8)12(16)14-5-4-9(2)18(3)17/h6-7,9H,4-5H2,1-3H3,(H2,13,15)(H,14,16). The molecule has 0 saturated carbocycles. The summed E-state index contributed by atoms with van der Waals surface area (Å²) in [4.78, 5) is 15.8. The number of hydrogen-bond donors (Lipinski definition) is 2. The molecule has 2 unspecified atom stereocenters. The third-order valence-electron chi connectivity index (χ3n) is 2.64. The van der Waals surface area contributed by atoms with Crippen molar-refractivity contribution in [1.82, 2.24) is 10.3 Å². The van der Waals surface area contributed by atoms with Gasteiger partial charge in [-0.25, -0.2) is 4.98 Å². The number of anilines is 1. The average molecular weight is 269 g/mol. The van der Waals surface area contributed by atoms with Crippen molar-refractivity contribution in [2.24, 2.45) is 0 Å². The third kappa shape index (κ3) is 4.44. The first-order chi connectivity index (χ1) is 8.40. The lowest BCUT2D eigenvalue weighted by molar-refractivity contribution is 0.0953. The highest BCUT2D eigenvalue weighted by molar-refractivity contribution is 7.84. The Balaban J connectivity index is 2.53. The van der Waals surface area contributed by atoms with Gasteiger partial charge in [0, 0.05) is 40.1 Å². The molecule has 18 heavy (non-hydrogen) atoms. The normalized spacial score (nSPS) is 13.9. The lowest BCUT2D eigenvalue weighted by Crippen LogP contribution is -2.27. The molecule has 3 N–H and O–H groups in total. The Hall–Kier alpha value is -1.43. The van der Waals surface area contributed by atoms with E-state index < -0.39 is 10.8 Å². The van der Waals surface area contributed by atoms with Gasteiger partial charge >= 0.3 is 0 Å². The Morgan fingerprint density at radius 1 is 1.56 bits per heavy atom. The molecule has 1 aromatic heterocycles. The topological polar surface area (TPSA) is 85.1 Å². The van der Waals surface area contributed by atoms with Crippen LogP contribution < -0.4 is 11.1 Å². The maximum Gasteiger partial charge on any atom is 0.251 e. The Bertz CT molecular complexity index is 442. The molecule has 0 aromatic carbocycles. The van der Waals surface area contributed by atoms with Crippen molar-refractivity contribution in [3.8, 4) is 0 Å². The predicted molar refractivity (Wildman–Crippen MR) is 73.9 cm³/mol. The molecule has 5 nitrogen and oxygen atoms in total. The molecule has 1 amide bonds. The van der Waals surface area contributed by atoms with E-state index in [0.29, 0.717) is 30.0 Å². The van der Waals surface area contributed by atoms with E-state index in [1.165, 1.54) is 0 Å². The van der Waals surface area contributed by atoms with E-state index in [1.807, 2.05) is 6.92 Å². The molecule has 0 saturated heterocycles. The largest absolute Gasteiger partial charge is 0.384 e. The molecule has 0 radical (unpaired) electrons. The molecule has 2 atom stereocenters. The van der Waals surface area contributed by atoms with Crippen LogP contribution >= 0.6 is 0 Å². The Kier molecular flexibility index (Phi) is 5.27. The van der Waals surface area contributed by atoms with Crippen molar-refractivity contribution in [2.75, 3.05) is 18.5 Å². The van der Waals surface area contributed by atoms with Gasteiger partial charge in [0.15, 0.2) is 0 Å². The van der Waals surface area contributed by atoms with Crippen molar-refractivity contribution < 1.29 is 9.00 Å². The highest BCUT2D eigenvalue weighted by atomic mass is 32.2. The third-order valence-corrected chi connectivity index (χ3v) is 4.01. The van der Waals surface area contributed by atoms with E-state index in [1.54, 1.807) is 25.3 Å². The zero-order valence-corrected chi connectivity index (χ0v) is 11.7. The summed E-state index contributed by atoms with van der Waals surface area (Å²) in [5.41, 5.74) is 6.80. The number of pyridine rings is 1. The van der Waals surface area contributed by atoms with Crippen LogP contribution in [0.4, 0.5) is 5.82 Å². The van der Waals surface area contributed by atoms with Crippen LogP contribution in [-0.4, -0.2) is 33.2 Å². The number of carbonyl (C=O) groups is 1. The van der Waals surface area contributed by atoms with Gasteiger partial charge in [-0.05, 0) is 25.5 Å². The van der Waals surface area contributed by atoms with Crippen LogP contribution in [0.2, 0.25) is 0 Å². The van der Waals surface area contributed by atoms with E-state index in [2.05, 4.69) is 10.3 Å². The number of nitrogens with zero attached hydrogens (tertiary/aromatic N) is 1. The highest BCUT2D eigenvalue weighted by Crippen LogP contribution is 2.07. The number of carbonyl (C=O) groups excluding carboxylic acids is 1. The van der Waals surface area contributed by atoms with Crippen LogP contribution in [0, 0.1) is 6.92 Å². The number of aromatic nitrogens is 1. The van der Waals surface area contributed by atoms with Crippen LogP contribution in [-0.2, 0) is 10.8 Å². The second-order valence-electron chi connectivity index (χ2n) is 4.28. The molecular weight excluding hydrogens is 250 g/mol. The van der Waals surface area contributed by atoms with Crippen molar-refractivity contribution in [2.45, 2.75) is 25.5 Å². The van der Waals surface area contributed by atoms with Crippen molar-refractivity contribution in [1.29, 1.82) is 0 Å². The first kappa shape index (κ1) is 14.6. The number of amides is 1. The Labute approximate surface area is 110 Å². The molecule has 0 aliphatic heterocycles. The van der Waals surface area contributed by atoms with Gasteiger partial charge in [-0.1, -0.05) is 6.92 Å². The Morgan fingerprint density at radius 2 is 2.22 bits per heavy atom. The molecule has 100 valence electrons. The maximum absolute atomic E-state index is 11.8. The second kappa shape index (κ2) is 6.49. The number of nitrogens with two attached hydrogens (primary N) is 1. The molecular formula is C12H19N3O2S. The summed E-state index contributed by atoms with van der Waals surface area (Å²) in [5, 5.41) is 2.86. The molecule has 0 spiro atoms. The average Bonchev–Trinajstić information content (AvgIpc) is 2.27. The number of rotatable bonds is 5. The Morgan fingerprint density at radius 3 is 2.78 bits per heavy atom. The van der Waals surface area contributed by atoms with Gasteiger partial charge in [0.05, 0.1) is 0 Å². The van der Waals surface area contributed by atoms with Gasteiger partial charge in [-0.15, -0.1) is 0 Å². The fraction of sp³-hybridized carbons (Fsp3) is 0.500. The summed E-state index contributed by atoms with van der Waals surface area (Å²) in [5.74, 6) is 0.157. The lowest BCUT2D eigenvalue weighted by Gasteiger charge is -2.09. The second-order valence-corrected chi connectivity index (χ2v) is 6.08. The van der Waals surface area contributed by atoms with Gasteiger partial charge in [0.1, 0.15) is 5.82 Å². The van der Waals surface area contributed by atoms with Crippen molar-refractivity contribution >= 4 is 22.5 Å². The molecule has 0 fully saturated rings. The molecule has 1 rings (SSSR count). The van der Waals surface area contributed by atoms with E-state index in [9.17, 15) is 9.00 Å². The number of nitrogen functional groups attached to an aromatic ring is 1.